The van der Waals surface area contributed by atoms with Crippen molar-refractivity contribution in [3.05, 3.63) is 240 Å². The molecule has 2 aliphatic carbocycles. The van der Waals surface area contributed by atoms with Crippen molar-refractivity contribution in [1.82, 2.24) is 39.9 Å². The second kappa shape index (κ2) is 17.3. The minimum atomic E-state index is -0.145. The van der Waals surface area contributed by atoms with Crippen molar-refractivity contribution in [2.24, 2.45) is 0 Å². The smallest absolute Gasteiger partial charge is 0.0737 e. The number of rotatable bonds is 6. The molecule has 7 aromatic heterocycles. The summed E-state index contributed by atoms with van der Waals surface area (Å²) in [5.41, 5.74) is 28.8. The molecule has 0 spiro atoms. The van der Waals surface area contributed by atoms with Gasteiger partial charge < -0.3 is 9.97 Å². The molecule has 0 radical (unpaired) electrons. The molecule has 0 amide bonds. The van der Waals surface area contributed by atoms with E-state index in [0.29, 0.717) is 0 Å². The molecule has 2 aliphatic heterocycles. The number of aromatic nitrogens is 8. The molecule has 4 aromatic carbocycles. The lowest BCUT2D eigenvalue weighted by Crippen LogP contribution is -2.14. The van der Waals surface area contributed by atoms with Crippen molar-refractivity contribution < 1.29 is 0 Å². The van der Waals surface area contributed by atoms with Crippen LogP contribution in [-0.2, 0) is 10.8 Å². The SMILES string of the molecule is CC1(C)c2ccccc2-c2ccc(-c3cncc(-c4c5nc(c(-c6ccncc6)c6ccc([nH]6)c(-c6ccnc(-c7ccc8c(c7)C(C)(C)c7ccccc7-8)c6)c6nc(c(-c7ccncc7)c7ccc4[nH]7)C=C6)C=C5)c3)cc21. The monoisotopic (exact) mass is 1000 g/mol. The highest BCUT2D eigenvalue weighted by molar-refractivity contribution is 6.00. The molecule has 2 N–H and O–H groups in total. The summed E-state index contributed by atoms with van der Waals surface area (Å²) in [7, 11) is 0. The molecule has 11 aromatic rings. The van der Waals surface area contributed by atoms with E-state index in [2.05, 4.69) is 199 Å². The highest BCUT2D eigenvalue weighted by Crippen LogP contribution is 2.51. The van der Waals surface area contributed by atoms with Crippen LogP contribution in [0, 0.1) is 0 Å². The van der Waals surface area contributed by atoms with Gasteiger partial charge in [0, 0.05) is 115 Å². The number of aromatic amines is 2. The predicted octanol–water partition coefficient (Wildman–Crippen LogP) is 16.9. The van der Waals surface area contributed by atoms with E-state index < -0.39 is 0 Å². The lowest BCUT2D eigenvalue weighted by Gasteiger charge is -2.22. The number of H-pyrrole nitrogens is 2. The van der Waals surface area contributed by atoms with Crippen LogP contribution in [0.4, 0.5) is 0 Å². The maximum atomic E-state index is 5.57. The maximum Gasteiger partial charge on any atom is 0.0737 e. The zero-order valence-electron chi connectivity index (χ0n) is 43.5. The molecule has 0 saturated carbocycles. The Morgan fingerprint density at radius 3 is 1.27 bits per heavy atom. The molecule has 0 atom stereocenters. The minimum Gasteiger partial charge on any atom is -0.354 e. The number of fused-ring (bicyclic) bond motifs is 14. The number of pyridine rings is 4. The van der Waals surface area contributed by atoms with Gasteiger partial charge in [0.25, 0.3) is 0 Å². The molecule has 9 heterocycles. The molecule has 8 bridgehead atoms. The Morgan fingerprint density at radius 2 is 0.744 bits per heavy atom. The minimum absolute atomic E-state index is 0.138. The topological polar surface area (TPSA) is 109 Å². The van der Waals surface area contributed by atoms with E-state index >= 15 is 0 Å². The van der Waals surface area contributed by atoms with E-state index in [9.17, 15) is 0 Å². The molecular formula is C70H50N8. The molecule has 15 rings (SSSR count). The van der Waals surface area contributed by atoms with Gasteiger partial charge >= 0.3 is 0 Å². The largest absolute Gasteiger partial charge is 0.354 e. The van der Waals surface area contributed by atoms with Crippen LogP contribution >= 0.6 is 0 Å². The van der Waals surface area contributed by atoms with Crippen molar-refractivity contribution in [1.29, 1.82) is 0 Å². The van der Waals surface area contributed by atoms with E-state index in [4.69, 9.17) is 19.9 Å². The van der Waals surface area contributed by atoms with Crippen molar-refractivity contribution in [2.45, 2.75) is 38.5 Å². The number of nitrogens with one attached hydrogen (secondary N) is 2. The molecule has 78 heavy (non-hydrogen) atoms. The summed E-state index contributed by atoms with van der Waals surface area (Å²) in [4.78, 5) is 37.8. The standard InChI is InChI=1S/C70H50N8/c1-69(2)52-11-7-5-9-48(52)50-15-13-43(36-54(50)69)46-35-47(40-73-39-46)68-62-23-19-58(77-62)65(41-25-30-71-31-26-41)56-17-21-60(75-56)67(61-22-18-57(76-61)66(42-27-32-72-33-28-42)59-20-24-63(68)78-59)45-29-34-74-64(38-45)44-14-16-51-49-10-6-8-12-53(49)70(3,4)55(51)37-44/h5-40,75,78H,1-4H3. The van der Waals surface area contributed by atoms with E-state index in [1.54, 1.807) is 0 Å². The molecule has 4 aliphatic rings. The fraction of sp³-hybridized carbons (Fsp3) is 0.0857. The normalized spacial score (nSPS) is 14.0. The van der Waals surface area contributed by atoms with Gasteiger partial charge in [-0.2, -0.15) is 0 Å². The molecule has 0 unspecified atom stereocenters. The van der Waals surface area contributed by atoms with Gasteiger partial charge in [0.05, 0.1) is 28.5 Å². The van der Waals surface area contributed by atoms with Crippen molar-refractivity contribution in [3.8, 4) is 89.1 Å². The second-order valence-corrected chi connectivity index (χ2v) is 21.7. The Balaban J connectivity index is 0.960. The fourth-order valence-corrected chi connectivity index (χ4v) is 12.7. The Labute approximate surface area is 451 Å². The van der Waals surface area contributed by atoms with Crippen LogP contribution in [0.5, 0.6) is 0 Å². The van der Waals surface area contributed by atoms with Crippen LogP contribution in [0.1, 0.15) is 72.7 Å². The predicted molar refractivity (Wildman–Crippen MR) is 318 cm³/mol. The number of benzene rings is 4. The third kappa shape index (κ3) is 7.13. The Hall–Kier alpha value is -9.92. The van der Waals surface area contributed by atoms with Gasteiger partial charge in [-0.25, -0.2) is 9.97 Å². The van der Waals surface area contributed by atoms with Crippen molar-refractivity contribution in [2.75, 3.05) is 0 Å². The molecule has 8 heteroatoms. The fourth-order valence-electron chi connectivity index (χ4n) is 12.7. The summed E-state index contributed by atoms with van der Waals surface area (Å²) in [5.74, 6) is 0. The van der Waals surface area contributed by atoms with Gasteiger partial charge in [0.15, 0.2) is 0 Å². The van der Waals surface area contributed by atoms with Gasteiger partial charge in [-0.05, 0) is 170 Å². The Kier molecular flexibility index (Phi) is 10.1. The second-order valence-electron chi connectivity index (χ2n) is 21.7. The third-order valence-electron chi connectivity index (χ3n) is 16.6. The summed E-state index contributed by atoms with van der Waals surface area (Å²) in [6.45, 7) is 9.28. The first-order chi connectivity index (χ1) is 38.2. The quantitative estimate of drug-likeness (QED) is 0.172. The van der Waals surface area contributed by atoms with Gasteiger partial charge in [-0.3, -0.25) is 19.9 Å². The van der Waals surface area contributed by atoms with Crippen LogP contribution in [0.2, 0.25) is 0 Å². The Morgan fingerprint density at radius 1 is 0.321 bits per heavy atom. The van der Waals surface area contributed by atoms with Gasteiger partial charge in [-0.15, -0.1) is 0 Å². The summed E-state index contributed by atoms with van der Waals surface area (Å²) < 4.78 is 0. The first-order valence-electron chi connectivity index (χ1n) is 26.5. The summed E-state index contributed by atoms with van der Waals surface area (Å²) in [5, 5.41) is 0. The van der Waals surface area contributed by atoms with Gasteiger partial charge in [0.1, 0.15) is 0 Å². The molecule has 0 fully saturated rings. The lowest BCUT2D eigenvalue weighted by atomic mass is 9.81. The maximum absolute atomic E-state index is 5.57. The van der Waals surface area contributed by atoms with E-state index in [-0.39, 0.29) is 10.8 Å². The van der Waals surface area contributed by atoms with Crippen LogP contribution in [-0.4, -0.2) is 39.9 Å². The molecule has 370 valence electrons. The zero-order chi connectivity index (χ0) is 52.3. The Bertz CT molecular complexity index is 4260. The van der Waals surface area contributed by atoms with E-state index in [0.717, 1.165) is 112 Å². The summed E-state index contributed by atoms with van der Waals surface area (Å²) in [6.07, 6.45) is 21.7. The zero-order valence-corrected chi connectivity index (χ0v) is 43.5. The molecule has 0 saturated heterocycles. The van der Waals surface area contributed by atoms with Crippen molar-refractivity contribution in [3.63, 3.8) is 0 Å². The average Bonchev–Trinajstić information content (AvgIpc) is 4.47. The first kappa shape index (κ1) is 45.5. The number of nitrogens with zero attached hydrogens (tertiary/aromatic N) is 6. The number of hydrogen-bond donors (Lipinski definition) is 2. The summed E-state index contributed by atoms with van der Waals surface area (Å²) in [6, 6.07) is 54.6. The summed E-state index contributed by atoms with van der Waals surface area (Å²) >= 11 is 0. The van der Waals surface area contributed by atoms with Gasteiger partial charge in [-0.1, -0.05) is 100 Å². The highest BCUT2D eigenvalue weighted by Gasteiger charge is 2.37. The van der Waals surface area contributed by atoms with Crippen LogP contribution in [0.15, 0.2) is 195 Å². The number of hydrogen-bond acceptors (Lipinski definition) is 6. The first-order valence-corrected chi connectivity index (χ1v) is 26.5. The van der Waals surface area contributed by atoms with Crippen LogP contribution in [0.25, 0.3) is 136 Å². The van der Waals surface area contributed by atoms with Crippen LogP contribution < -0.4 is 0 Å². The van der Waals surface area contributed by atoms with Crippen LogP contribution in [0.3, 0.4) is 0 Å². The van der Waals surface area contributed by atoms with E-state index in [1.165, 1.54) is 44.5 Å². The average molecular weight is 1000 g/mol. The van der Waals surface area contributed by atoms with Gasteiger partial charge in [0.2, 0.25) is 0 Å². The van der Waals surface area contributed by atoms with Crippen molar-refractivity contribution >= 4 is 46.4 Å². The molecular weight excluding hydrogens is 953 g/mol. The molecule has 8 nitrogen and oxygen atoms in total. The third-order valence-corrected chi connectivity index (χ3v) is 16.6. The lowest BCUT2D eigenvalue weighted by molar-refractivity contribution is 0.660. The van der Waals surface area contributed by atoms with E-state index in [1.807, 2.05) is 67.6 Å². The highest BCUT2D eigenvalue weighted by atomic mass is 14.8.